The van der Waals surface area contributed by atoms with E-state index in [0.29, 0.717) is 16.6 Å². The average molecular weight is 357 g/mol. The summed E-state index contributed by atoms with van der Waals surface area (Å²) in [7, 11) is 1.62. The van der Waals surface area contributed by atoms with Crippen LogP contribution in [0.4, 0.5) is 4.39 Å². The fourth-order valence-electron chi connectivity index (χ4n) is 3.97. The Morgan fingerprint density at radius 3 is 3.04 bits per heavy atom. The van der Waals surface area contributed by atoms with E-state index in [9.17, 15) is 4.39 Å². The molecule has 1 aliphatic heterocycles. The fraction of sp³-hybridized carbons (Fsp3) is 0.368. The van der Waals surface area contributed by atoms with Gasteiger partial charge in [-0.25, -0.2) is 4.39 Å². The summed E-state index contributed by atoms with van der Waals surface area (Å²) >= 11 is 1.58. The summed E-state index contributed by atoms with van der Waals surface area (Å²) < 4.78 is 20.1. The molecule has 1 aliphatic carbocycles. The minimum Gasteiger partial charge on any atom is -0.497 e. The van der Waals surface area contributed by atoms with E-state index in [2.05, 4.69) is 4.98 Å². The van der Waals surface area contributed by atoms with Crippen molar-refractivity contribution in [1.82, 2.24) is 4.98 Å². The maximum atomic E-state index is 14.8. The van der Waals surface area contributed by atoms with Crippen molar-refractivity contribution >= 4 is 16.9 Å². The number of thioether (sulfide) groups is 1. The number of amidine groups is 1. The first-order chi connectivity index (χ1) is 12.1. The number of nitrogens with two attached hydrogens (primary N) is 1. The van der Waals surface area contributed by atoms with E-state index in [-0.39, 0.29) is 5.82 Å². The molecule has 25 heavy (non-hydrogen) atoms. The lowest BCUT2D eigenvalue weighted by Crippen LogP contribution is -2.37. The number of hydrogen-bond donors (Lipinski definition) is 1. The number of hydrogen-bond acceptors (Lipinski definition) is 5. The zero-order chi connectivity index (χ0) is 17.4. The summed E-state index contributed by atoms with van der Waals surface area (Å²) in [5.41, 5.74) is 7.74. The van der Waals surface area contributed by atoms with Crippen LogP contribution in [0, 0.1) is 11.7 Å². The Kier molecular flexibility index (Phi) is 4.15. The van der Waals surface area contributed by atoms with Crippen LogP contribution in [-0.4, -0.2) is 23.0 Å². The van der Waals surface area contributed by atoms with Gasteiger partial charge in [-0.05, 0) is 43.0 Å². The van der Waals surface area contributed by atoms with Crippen molar-refractivity contribution in [3.05, 3.63) is 47.9 Å². The molecule has 0 bridgehead atoms. The van der Waals surface area contributed by atoms with Crippen LogP contribution in [0.15, 0.2) is 41.5 Å². The fourth-order valence-corrected chi connectivity index (χ4v) is 5.01. The van der Waals surface area contributed by atoms with Gasteiger partial charge < -0.3 is 10.5 Å². The molecule has 2 atom stereocenters. The molecule has 4 nitrogen and oxygen atoms in total. The highest BCUT2D eigenvalue weighted by Gasteiger charge is 2.48. The second-order valence-electron chi connectivity index (χ2n) is 6.55. The summed E-state index contributed by atoms with van der Waals surface area (Å²) in [6, 6.07) is 8.82. The topological polar surface area (TPSA) is 60.5 Å². The van der Waals surface area contributed by atoms with Crippen LogP contribution >= 0.6 is 11.8 Å². The lowest BCUT2D eigenvalue weighted by molar-refractivity contribution is 0.341. The Balaban J connectivity index is 1.84. The smallest absolute Gasteiger partial charge is 0.154 e. The van der Waals surface area contributed by atoms with E-state index in [1.807, 2.05) is 12.1 Å². The minimum absolute atomic E-state index is 0.220. The Labute approximate surface area is 150 Å². The van der Waals surface area contributed by atoms with Crippen LogP contribution in [0.25, 0.3) is 11.3 Å². The molecule has 1 saturated carbocycles. The first-order valence-corrected chi connectivity index (χ1v) is 9.39. The molecule has 2 heterocycles. The summed E-state index contributed by atoms with van der Waals surface area (Å²) in [5.74, 6) is 1.73. The van der Waals surface area contributed by atoms with Crippen LogP contribution in [0.1, 0.15) is 24.8 Å². The Morgan fingerprint density at radius 1 is 1.32 bits per heavy atom. The number of rotatable bonds is 3. The van der Waals surface area contributed by atoms with E-state index in [4.69, 9.17) is 15.5 Å². The summed E-state index contributed by atoms with van der Waals surface area (Å²) in [6.07, 6.45) is 4.64. The van der Waals surface area contributed by atoms with Crippen molar-refractivity contribution in [3.63, 3.8) is 0 Å². The number of fused-ring (bicyclic) bond motifs is 1. The van der Waals surface area contributed by atoms with Crippen molar-refractivity contribution in [1.29, 1.82) is 0 Å². The van der Waals surface area contributed by atoms with Crippen LogP contribution in [0.3, 0.4) is 0 Å². The van der Waals surface area contributed by atoms with E-state index in [0.717, 1.165) is 42.0 Å². The number of halogens is 1. The van der Waals surface area contributed by atoms with Crippen LogP contribution < -0.4 is 10.5 Å². The highest BCUT2D eigenvalue weighted by Crippen LogP contribution is 2.51. The van der Waals surface area contributed by atoms with Gasteiger partial charge in [0.15, 0.2) is 5.17 Å². The number of benzene rings is 1. The number of nitrogens with zero attached hydrogens (tertiary/aromatic N) is 2. The van der Waals surface area contributed by atoms with Gasteiger partial charge in [-0.15, -0.1) is 0 Å². The summed E-state index contributed by atoms with van der Waals surface area (Å²) in [6.45, 7) is 0. The highest BCUT2D eigenvalue weighted by molar-refractivity contribution is 8.13. The lowest BCUT2D eigenvalue weighted by Gasteiger charge is -2.36. The minimum atomic E-state index is -0.533. The van der Waals surface area contributed by atoms with Crippen molar-refractivity contribution < 1.29 is 9.13 Å². The van der Waals surface area contributed by atoms with E-state index in [1.54, 1.807) is 37.2 Å². The molecule has 1 aromatic heterocycles. The van der Waals surface area contributed by atoms with Crippen LogP contribution in [0.5, 0.6) is 5.75 Å². The molecule has 4 rings (SSSR count). The number of ether oxygens (including phenoxy) is 1. The molecule has 0 radical (unpaired) electrons. The molecule has 1 aromatic carbocycles. The normalized spacial score (nSPS) is 25.4. The zero-order valence-electron chi connectivity index (χ0n) is 14.0. The van der Waals surface area contributed by atoms with Crippen LogP contribution in [-0.2, 0) is 5.54 Å². The molecule has 2 aliphatic rings. The van der Waals surface area contributed by atoms with Gasteiger partial charge in [0, 0.05) is 29.1 Å². The third kappa shape index (κ3) is 2.78. The SMILES string of the molecule is COc1ccnc(-c2ccc(F)c([C@]34CCC[C@H]3CSC(N)=N4)c2)c1. The summed E-state index contributed by atoms with van der Waals surface area (Å²) in [5, 5.41) is 0.558. The number of aliphatic imine (C=N–C) groups is 1. The third-order valence-electron chi connectivity index (χ3n) is 5.22. The summed E-state index contributed by atoms with van der Waals surface area (Å²) in [4.78, 5) is 9.15. The Bertz CT molecular complexity index is 841. The van der Waals surface area contributed by atoms with Gasteiger partial charge in [0.05, 0.1) is 18.3 Å². The maximum Gasteiger partial charge on any atom is 0.154 e. The molecule has 1 fully saturated rings. The van der Waals surface area contributed by atoms with Crippen LogP contribution in [0.2, 0.25) is 0 Å². The van der Waals surface area contributed by atoms with Gasteiger partial charge in [-0.3, -0.25) is 9.98 Å². The standard InChI is InChI=1S/C19H20FN3OS/c1-24-14-6-8-22-17(10-14)12-4-5-16(20)15(9-12)19-7-2-3-13(19)11-25-18(21)23-19/h4-6,8-10,13H,2-3,7,11H2,1H3,(H2,21,23)/t13-,19-/m0/s1. The van der Waals surface area contributed by atoms with Crippen molar-refractivity contribution in [2.45, 2.75) is 24.8 Å². The van der Waals surface area contributed by atoms with Gasteiger partial charge in [-0.1, -0.05) is 18.2 Å². The first kappa shape index (κ1) is 16.4. The molecular formula is C19H20FN3OS. The number of aromatic nitrogens is 1. The predicted octanol–water partition coefficient (Wildman–Crippen LogP) is 3.95. The molecule has 130 valence electrons. The average Bonchev–Trinajstić information content (AvgIpc) is 3.06. The third-order valence-corrected chi connectivity index (χ3v) is 6.18. The van der Waals surface area contributed by atoms with Gasteiger partial charge in [0.25, 0.3) is 0 Å². The molecular weight excluding hydrogens is 337 g/mol. The van der Waals surface area contributed by atoms with Gasteiger partial charge >= 0.3 is 0 Å². The molecule has 0 saturated heterocycles. The Hall–Kier alpha value is -2.08. The van der Waals surface area contributed by atoms with Gasteiger partial charge in [-0.2, -0.15) is 0 Å². The second-order valence-corrected chi connectivity index (χ2v) is 7.59. The molecule has 6 heteroatoms. The monoisotopic (exact) mass is 357 g/mol. The van der Waals surface area contributed by atoms with Gasteiger partial charge in [0.2, 0.25) is 0 Å². The quantitative estimate of drug-likeness (QED) is 0.903. The largest absolute Gasteiger partial charge is 0.497 e. The molecule has 2 N–H and O–H groups in total. The predicted molar refractivity (Wildman–Crippen MR) is 99.3 cm³/mol. The number of pyridine rings is 1. The second kappa shape index (κ2) is 6.33. The Morgan fingerprint density at radius 2 is 2.20 bits per heavy atom. The van der Waals surface area contributed by atoms with E-state index >= 15 is 0 Å². The van der Waals surface area contributed by atoms with Crippen molar-refractivity contribution in [2.75, 3.05) is 12.9 Å². The van der Waals surface area contributed by atoms with Crippen molar-refractivity contribution in [3.8, 4) is 17.0 Å². The molecule has 0 amide bonds. The lowest BCUT2D eigenvalue weighted by atomic mass is 9.80. The van der Waals surface area contributed by atoms with E-state index < -0.39 is 5.54 Å². The van der Waals surface area contributed by atoms with Crippen molar-refractivity contribution in [2.24, 2.45) is 16.6 Å². The molecule has 0 spiro atoms. The first-order valence-electron chi connectivity index (χ1n) is 8.41. The maximum absolute atomic E-state index is 14.8. The number of methoxy groups -OCH3 is 1. The van der Waals surface area contributed by atoms with Gasteiger partial charge in [0.1, 0.15) is 11.6 Å². The highest BCUT2D eigenvalue weighted by atomic mass is 32.2. The zero-order valence-corrected chi connectivity index (χ0v) is 14.9. The molecule has 2 aromatic rings. The molecule has 0 unspecified atom stereocenters. The van der Waals surface area contributed by atoms with E-state index in [1.165, 1.54) is 6.07 Å².